The van der Waals surface area contributed by atoms with Crippen molar-refractivity contribution in [1.82, 2.24) is 9.97 Å². The van der Waals surface area contributed by atoms with Crippen LogP contribution >= 0.6 is 0 Å². The molecule has 0 amide bonds. The summed E-state index contributed by atoms with van der Waals surface area (Å²) >= 11 is 0. The first-order chi connectivity index (χ1) is 7.69. The molecular formula is C11H20N4O. The molecule has 1 unspecified atom stereocenters. The van der Waals surface area contributed by atoms with Crippen LogP contribution in [0.2, 0.25) is 0 Å². The van der Waals surface area contributed by atoms with Gasteiger partial charge in [-0.2, -0.15) is 0 Å². The molecule has 0 aliphatic heterocycles. The van der Waals surface area contributed by atoms with Crippen molar-refractivity contribution in [3.63, 3.8) is 0 Å². The largest absolute Gasteiger partial charge is 0.384 e. The summed E-state index contributed by atoms with van der Waals surface area (Å²) in [5.41, 5.74) is 1.04. The van der Waals surface area contributed by atoms with Gasteiger partial charge in [0.05, 0.1) is 6.61 Å². The molecule has 16 heavy (non-hydrogen) atoms. The number of hydrogen-bond acceptors (Lipinski definition) is 5. The van der Waals surface area contributed by atoms with E-state index in [1.165, 1.54) is 0 Å². The summed E-state index contributed by atoms with van der Waals surface area (Å²) < 4.78 is 5.08. The van der Waals surface area contributed by atoms with Gasteiger partial charge < -0.3 is 15.4 Å². The van der Waals surface area contributed by atoms with E-state index in [2.05, 4.69) is 27.5 Å². The highest BCUT2D eigenvalue weighted by atomic mass is 16.5. The molecule has 5 heteroatoms. The maximum absolute atomic E-state index is 5.08. The Kier molecular flexibility index (Phi) is 4.98. The SMILES string of the molecule is CNc1ncnc(NCC(C)COC)c1C. The quantitative estimate of drug-likeness (QED) is 0.767. The molecule has 0 aliphatic carbocycles. The van der Waals surface area contributed by atoms with E-state index in [1.54, 1.807) is 13.4 Å². The molecule has 0 saturated heterocycles. The number of rotatable bonds is 6. The lowest BCUT2D eigenvalue weighted by molar-refractivity contribution is 0.164. The Morgan fingerprint density at radius 3 is 2.69 bits per heavy atom. The van der Waals surface area contributed by atoms with Gasteiger partial charge in [-0.05, 0) is 12.8 Å². The van der Waals surface area contributed by atoms with E-state index in [9.17, 15) is 0 Å². The van der Waals surface area contributed by atoms with Crippen LogP contribution in [0.25, 0.3) is 0 Å². The fraction of sp³-hybridized carbons (Fsp3) is 0.636. The molecular weight excluding hydrogens is 204 g/mol. The average molecular weight is 224 g/mol. The standard InChI is InChI=1S/C11H20N4O/c1-8(6-16-4)5-13-11-9(2)10(12-3)14-7-15-11/h7-8H,5-6H2,1-4H3,(H2,12,13,14,15). The molecule has 0 aromatic carbocycles. The highest BCUT2D eigenvalue weighted by Crippen LogP contribution is 2.17. The number of aromatic nitrogens is 2. The molecule has 1 atom stereocenters. The maximum atomic E-state index is 5.08. The molecule has 90 valence electrons. The highest BCUT2D eigenvalue weighted by molar-refractivity contribution is 5.55. The van der Waals surface area contributed by atoms with E-state index < -0.39 is 0 Å². The van der Waals surface area contributed by atoms with Crippen LogP contribution in [0.3, 0.4) is 0 Å². The zero-order chi connectivity index (χ0) is 12.0. The van der Waals surface area contributed by atoms with Crippen molar-refractivity contribution in [1.29, 1.82) is 0 Å². The van der Waals surface area contributed by atoms with Gasteiger partial charge in [-0.1, -0.05) is 6.92 Å². The van der Waals surface area contributed by atoms with Gasteiger partial charge in [0, 0.05) is 26.3 Å². The minimum Gasteiger partial charge on any atom is -0.384 e. The van der Waals surface area contributed by atoms with Crippen molar-refractivity contribution >= 4 is 11.6 Å². The molecule has 2 N–H and O–H groups in total. The Balaban J connectivity index is 2.60. The molecule has 1 aromatic rings. The second-order valence-electron chi connectivity index (χ2n) is 3.89. The smallest absolute Gasteiger partial charge is 0.134 e. The number of anilines is 2. The van der Waals surface area contributed by atoms with Gasteiger partial charge in [0.25, 0.3) is 0 Å². The minimum absolute atomic E-state index is 0.456. The second-order valence-corrected chi connectivity index (χ2v) is 3.89. The van der Waals surface area contributed by atoms with Crippen LogP contribution in [0, 0.1) is 12.8 Å². The van der Waals surface area contributed by atoms with Crippen LogP contribution < -0.4 is 10.6 Å². The van der Waals surface area contributed by atoms with Crippen LogP contribution in [-0.2, 0) is 4.74 Å². The minimum atomic E-state index is 0.456. The van der Waals surface area contributed by atoms with E-state index in [-0.39, 0.29) is 0 Å². The first-order valence-electron chi connectivity index (χ1n) is 5.41. The summed E-state index contributed by atoms with van der Waals surface area (Å²) in [6, 6.07) is 0. The summed E-state index contributed by atoms with van der Waals surface area (Å²) in [6.07, 6.45) is 1.56. The molecule has 0 spiro atoms. The van der Waals surface area contributed by atoms with Gasteiger partial charge >= 0.3 is 0 Å². The normalized spacial score (nSPS) is 12.2. The van der Waals surface area contributed by atoms with Crippen LogP contribution in [0.1, 0.15) is 12.5 Å². The Morgan fingerprint density at radius 2 is 2.06 bits per heavy atom. The third kappa shape index (κ3) is 3.34. The van der Waals surface area contributed by atoms with E-state index >= 15 is 0 Å². The molecule has 0 saturated carbocycles. The molecule has 0 fully saturated rings. The van der Waals surface area contributed by atoms with Gasteiger partial charge in [-0.25, -0.2) is 9.97 Å². The fourth-order valence-electron chi connectivity index (χ4n) is 1.49. The summed E-state index contributed by atoms with van der Waals surface area (Å²) in [6.45, 7) is 5.71. The lowest BCUT2D eigenvalue weighted by Gasteiger charge is -2.14. The molecule has 1 rings (SSSR count). The number of nitrogens with one attached hydrogen (secondary N) is 2. The third-order valence-electron chi connectivity index (χ3n) is 2.39. The number of hydrogen-bond donors (Lipinski definition) is 2. The highest BCUT2D eigenvalue weighted by Gasteiger charge is 2.07. The summed E-state index contributed by atoms with van der Waals surface area (Å²) in [5, 5.41) is 6.33. The first kappa shape index (κ1) is 12.7. The van der Waals surface area contributed by atoms with Crippen LogP contribution in [0.15, 0.2) is 6.33 Å². The summed E-state index contributed by atoms with van der Waals surface area (Å²) in [5.74, 6) is 2.19. The van der Waals surface area contributed by atoms with Crippen molar-refractivity contribution < 1.29 is 4.74 Å². The van der Waals surface area contributed by atoms with Gasteiger partial charge in [-0.15, -0.1) is 0 Å². The third-order valence-corrected chi connectivity index (χ3v) is 2.39. The Bertz CT molecular complexity index is 330. The van der Waals surface area contributed by atoms with Crippen molar-refractivity contribution in [2.24, 2.45) is 5.92 Å². The molecule has 0 bridgehead atoms. The maximum Gasteiger partial charge on any atom is 0.134 e. The van der Waals surface area contributed by atoms with Gasteiger partial charge in [0.2, 0.25) is 0 Å². The molecule has 0 radical (unpaired) electrons. The Morgan fingerprint density at radius 1 is 1.38 bits per heavy atom. The zero-order valence-electron chi connectivity index (χ0n) is 10.4. The van der Waals surface area contributed by atoms with Crippen LogP contribution in [-0.4, -0.2) is 37.3 Å². The van der Waals surface area contributed by atoms with Gasteiger partial charge in [0.1, 0.15) is 18.0 Å². The van der Waals surface area contributed by atoms with Crippen molar-refractivity contribution in [2.45, 2.75) is 13.8 Å². The van der Waals surface area contributed by atoms with Crippen molar-refractivity contribution in [3.8, 4) is 0 Å². The zero-order valence-corrected chi connectivity index (χ0v) is 10.4. The van der Waals surface area contributed by atoms with Crippen molar-refractivity contribution in [2.75, 3.05) is 37.9 Å². The van der Waals surface area contributed by atoms with Crippen LogP contribution in [0.5, 0.6) is 0 Å². The van der Waals surface area contributed by atoms with Crippen molar-refractivity contribution in [3.05, 3.63) is 11.9 Å². The summed E-state index contributed by atoms with van der Waals surface area (Å²) in [4.78, 5) is 8.35. The Labute approximate surface area is 96.6 Å². The summed E-state index contributed by atoms with van der Waals surface area (Å²) in [7, 11) is 3.57. The number of ether oxygens (including phenoxy) is 1. The topological polar surface area (TPSA) is 59.1 Å². The molecule has 5 nitrogen and oxygen atoms in total. The lowest BCUT2D eigenvalue weighted by atomic mass is 10.2. The van der Waals surface area contributed by atoms with E-state index in [0.29, 0.717) is 5.92 Å². The van der Waals surface area contributed by atoms with Gasteiger partial charge in [-0.3, -0.25) is 0 Å². The van der Waals surface area contributed by atoms with E-state index in [4.69, 9.17) is 4.74 Å². The van der Waals surface area contributed by atoms with Crippen LogP contribution in [0.4, 0.5) is 11.6 Å². The molecule has 0 aliphatic rings. The predicted octanol–water partition coefficient (Wildman–Crippen LogP) is 1.52. The van der Waals surface area contributed by atoms with E-state index in [1.807, 2.05) is 14.0 Å². The molecule has 1 aromatic heterocycles. The van der Waals surface area contributed by atoms with Gasteiger partial charge in [0.15, 0.2) is 0 Å². The van der Waals surface area contributed by atoms with E-state index in [0.717, 1.165) is 30.4 Å². The molecule has 1 heterocycles. The fourth-order valence-corrected chi connectivity index (χ4v) is 1.49. The average Bonchev–Trinajstić information content (AvgIpc) is 2.28. The first-order valence-corrected chi connectivity index (χ1v) is 5.41. The monoisotopic (exact) mass is 224 g/mol. The predicted molar refractivity (Wildman–Crippen MR) is 65.8 cm³/mol. The number of nitrogens with zero attached hydrogens (tertiary/aromatic N) is 2. The second kappa shape index (κ2) is 6.27. The number of methoxy groups -OCH3 is 1. The Hall–Kier alpha value is -1.36. The lowest BCUT2D eigenvalue weighted by Crippen LogP contribution is -2.17.